The average Bonchev–Trinajstić information content (AvgIpc) is 2.95. The summed E-state index contributed by atoms with van der Waals surface area (Å²) in [5.41, 5.74) is 1.03. The number of furan rings is 1. The number of hydrogen-bond donors (Lipinski definition) is 2. The summed E-state index contributed by atoms with van der Waals surface area (Å²) in [6.45, 7) is 1.11. The van der Waals surface area contributed by atoms with Gasteiger partial charge in [-0.05, 0) is 49.8 Å². The van der Waals surface area contributed by atoms with E-state index < -0.39 is 10.0 Å². The minimum Gasteiger partial charge on any atom is -0.447 e. The molecule has 1 aromatic heterocycles. The van der Waals surface area contributed by atoms with Crippen LogP contribution in [0.3, 0.4) is 0 Å². The Balaban J connectivity index is 1.80. The zero-order chi connectivity index (χ0) is 15.3. The molecule has 21 heavy (non-hydrogen) atoms. The van der Waals surface area contributed by atoms with Gasteiger partial charge in [-0.3, -0.25) is 0 Å². The smallest absolute Gasteiger partial charge is 0.273 e. The van der Waals surface area contributed by atoms with Crippen LogP contribution in [0, 0.1) is 5.82 Å². The Labute approximate surface area is 123 Å². The van der Waals surface area contributed by atoms with Crippen LogP contribution in [-0.2, 0) is 23.0 Å². The van der Waals surface area contributed by atoms with Crippen LogP contribution in [0.2, 0.25) is 0 Å². The molecule has 5 nitrogen and oxygen atoms in total. The van der Waals surface area contributed by atoms with E-state index in [1.165, 1.54) is 25.2 Å². The molecule has 114 valence electrons. The van der Waals surface area contributed by atoms with Gasteiger partial charge in [-0.2, -0.15) is 0 Å². The van der Waals surface area contributed by atoms with Crippen LogP contribution in [0.5, 0.6) is 0 Å². The molecule has 0 aliphatic heterocycles. The van der Waals surface area contributed by atoms with Gasteiger partial charge < -0.3 is 9.73 Å². The van der Waals surface area contributed by atoms with E-state index in [9.17, 15) is 12.8 Å². The molecular formula is C14H17FN2O3S. The van der Waals surface area contributed by atoms with Gasteiger partial charge >= 0.3 is 0 Å². The predicted octanol–water partition coefficient (Wildman–Crippen LogP) is 1.66. The van der Waals surface area contributed by atoms with Crippen molar-refractivity contribution in [3.8, 4) is 0 Å². The summed E-state index contributed by atoms with van der Waals surface area (Å²) >= 11 is 0. The standard InChI is InChI=1S/C14H17FN2O3S/c1-16-21(18,19)14-7-6-13(20-14)10-17-9-8-11-2-4-12(15)5-3-11/h2-7,16-17H,8-10H2,1H3. The number of sulfonamides is 1. The lowest BCUT2D eigenvalue weighted by molar-refractivity contribution is 0.401. The third-order valence-electron chi connectivity index (χ3n) is 2.97. The fourth-order valence-corrected chi connectivity index (χ4v) is 2.46. The Morgan fingerprint density at radius 3 is 2.52 bits per heavy atom. The van der Waals surface area contributed by atoms with E-state index in [4.69, 9.17) is 4.42 Å². The van der Waals surface area contributed by atoms with E-state index in [0.717, 1.165) is 12.0 Å². The third kappa shape index (κ3) is 4.38. The first-order valence-corrected chi connectivity index (χ1v) is 7.97. The highest BCUT2D eigenvalue weighted by Crippen LogP contribution is 2.13. The SMILES string of the molecule is CNS(=O)(=O)c1ccc(CNCCc2ccc(F)cc2)o1. The number of rotatable bonds is 7. The van der Waals surface area contributed by atoms with Gasteiger partial charge in [0.2, 0.25) is 5.09 Å². The highest BCUT2D eigenvalue weighted by atomic mass is 32.2. The van der Waals surface area contributed by atoms with E-state index >= 15 is 0 Å². The second kappa shape index (κ2) is 6.84. The van der Waals surface area contributed by atoms with Crippen LogP contribution < -0.4 is 10.0 Å². The molecule has 2 rings (SSSR count). The Kier molecular flexibility index (Phi) is 5.11. The first kappa shape index (κ1) is 15.7. The maximum atomic E-state index is 12.7. The zero-order valence-electron chi connectivity index (χ0n) is 11.6. The summed E-state index contributed by atoms with van der Waals surface area (Å²) in [5, 5.41) is 3.05. The highest BCUT2D eigenvalue weighted by molar-refractivity contribution is 7.89. The minimum absolute atomic E-state index is 0.0969. The second-order valence-corrected chi connectivity index (χ2v) is 6.30. The molecule has 0 aliphatic rings. The fraction of sp³-hybridized carbons (Fsp3) is 0.286. The topological polar surface area (TPSA) is 71.3 Å². The van der Waals surface area contributed by atoms with Crippen LogP contribution in [0.15, 0.2) is 45.9 Å². The molecule has 0 aliphatic carbocycles. The van der Waals surface area contributed by atoms with Crippen molar-refractivity contribution in [2.75, 3.05) is 13.6 Å². The molecule has 0 saturated heterocycles. The van der Waals surface area contributed by atoms with Crippen molar-refractivity contribution in [2.45, 2.75) is 18.1 Å². The molecule has 0 saturated carbocycles. The van der Waals surface area contributed by atoms with E-state index in [-0.39, 0.29) is 10.9 Å². The van der Waals surface area contributed by atoms with Gasteiger partial charge in [-0.15, -0.1) is 0 Å². The van der Waals surface area contributed by atoms with Gasteiger partial charge in [0, 0.05) is 0 Å². The summed E-state index contributed by atoms with van der Waals surface area (Å²) < 4.78 is 43.2. The average molecular weight is 312 g/mol. The summed E-state index contributed by atoms with van der Waals surface area (Å²) in [4.78, 5) is 0. The predicted molar refractivity (Wildman–Crippen MR) is 76.8 cm³/mol. The fourth-order valence-electron chi connectivity index (χ4n) is 1.79. The van der Waals surface area contributed by atoms with Crippen molar-refractivity contribution in [3.05, 3.63) is 53.5 Å². The molecule has 2 aromatic rings. The molecule has 0 bridgehead atoms. The first-order chi connectivity index (χ1) is 10.0. The van der Waals surface area contributed by atoms with Crippen LogP contribution in [-0.4, -0.2) is 22.0 Å². The van der Waals surface area contributed by atoms with Gasteiger partial charge in [-0.1, -0.05) is 12.1 Å². The molecule has 1 aromatic carbocycles. The van der Waals surface area contributed by atoms with Gasteiger partial charge in [0.25, 0.3) is 10.0 Å². The molecule has 0 spiro atoms. The number of benzene rings is 1. The van der Waals surface area contributed by atoms with Gasteiger partial charge in [0.05, 0.1) is 6.54 Å². The number of hydrogen-bond acceptors (Lipinski definition) is 4. The Hall–Kier alpha value is -1.70. The maximum Gasteiger partial charge on any atom is 0.273 e. The molecule has 0 unspecified atom stereocenters. The summed E-state index contributed by atoms with van der Waals surface area (Å²) in [7, 11) is -2.20. The third-order valence-corrected chi connectivity index (χ3v) is 4.26. The lowest BCUT2D eigenvalue weighted by Crippen LogP contribution is -2.18. The number of nitrogens with one attached hydrogen (secondary N) is 2. The molecule has 2 N–H and O–H groups in total. The lowest BCUT2D eigenvalue weighted by atomic mass is 10.1. The van der Waals surface area contributed by atoms with Crippen molar-refractivity contribution in [1.29, 1.82) is 0 Å². The summed E-state index contributed by atoms with van der Waals surface area (Å²) in [6, 6.07) is 9.37. The molecule has 1 heterocycles. The van der Waals surface area contributed by atoms with Crippen LogP contribution in [0.25, 0.3) is 0 Å². The Bertz CT molecular complexity index is 680. The van der Waals surface area contributed by atoms with Crippen LogP contribution in [0.4, 0.5) is 4.39 Å². The van der Waals surface area contributed by atoms with E-state index in [2.05, 4.69) is 10.0 Å². The second-order valence-electron chi connectivity index (χ2n) is 4.48. The van der Waals surface area contributed by atoms with E-state index in [0.29, 0.717) is 18.8 Å². The highest BCUT2D eigenvalue weighted by Gasteiger charge is 2.15. The molecule has 0 fully saturated rings. The van der Waals surface area contributed by atoms with Crippen molar-refractivity contribution < 1.29 is 17.2 Å². The summed E-state index contributed by atoms with van der Waals surface area (Å²) in [6.07, 6.45) is 0.753. The van der Waals surface area contributed by atoms with Crippen LogP contribution >= 0.6 is 0 Å². The largest absolute Gasteiger partial charge is 0.447 e. The first-order valence-electron chi connectivity index (χ1n) is 6.49. The molecule has 0 atom stereocenters. The Morgan fingerprint density at radius 1 is 1.14 bits per heavy atom. The molecule has 0 radical (unpaired) electrons. The van der Waals surface area contributed by atoms with Crippen molar-refractivity contribution >= 4 is 10.0 Å². The molecule has 7 heteroatoms. The lowest BCUT2D eigenvalue weighted by Gasteiger charge is -2.03. The Morgan fingerprint density at radius 2 is 1.86 bits per heavy atom. The zero-order valence-corrected chi connectivity index (χ0v) is 12.4. The van der Waals surface area contributed by atoms with Gasteiger partial charge in [0.1, 0.15) is 11.6 Å². The molecular weight excluding hydrogens is 295 g/mol. The van der Waals surface area contributed by atoms with Crippen LogP contribution in [0.1, 0.15) is 11.3 Å². The van der Waals surface area contributed by atoms with Gasteiger partial charge in [-0.25, -0.2) is 17.5 Å². The van der Waals surface area contributed by atoms with E-state index in [1.54, 1.807) is 18.2 Å². The maximum absolute atomic E-state index is 12.7. The van der Waals surface area contributed by atoms with E-state index in [1.807, 2.05) is 0 Å². The minimum atomic E-state index is -3.53. The van der Waals surface area contributed by atoms with Gasteiger partial charge in [0.15, 0.2) is 0 Å². The van der Waals surface area contributed by atoms with Crippen molar-refractivity contribution in [3.63, 3.8) is 0 Å². The van der Waals surface area contributed by atoms with Crippen molar-refractivity contribution in [1.82, 2.24) is 10.0 Å². The quantitative estimate of drug-likeness (QED) is 0.763. The summed E-state index contributed by atoms with van der Waals surface area (Å²) in [5.74, 6) is 0.295. The normalized spacial score (nSPS) is 11.7. The molecule has 0 amide bonds. The number of halogens is 1. The van der Waals surface area contributed by atoms with Crippen molar-refractivity contribution in [2.24, 2.45) is 0 Å². The monoisotopic (exact) mass is 312 g/mol.